The summed E-state index contributed by atoms with van der Waals surface area (Å²) in [5, 5.41) is 0. The summed E-state index contributed by atoms with van der Waals surface area (Å²) in [5.74, 6) is 2.09. The summed E-state index contributed by atoms with van der Waals surface area (Å²) in [4.78, 5) is 20.4. The molecular formula is C15H19N3OS2. The zero-order valence-electron chi connectivity index (χ0n) is 11.8. The van der Waals surface area contributed by atoms with E-state index in [4.69, 9.17) is 5.73 Å². The van der Waals surface area contributed by atoms with E-state index in [2.05, 4.69) is 11.1 Å². The minimum absolute atomic E-state index is 0.253. The molecule has 21 heavy (non-hydrogen) atoms. The van der Waals surface area contributed by atoms with Gasteiger partial charge in [0.15, 0.2) is 0 Å². The zero-order chi connectivity index (χ0) is 14.7. The van der Waals surface area contributed by atoms with Gasteiger partial charge in [-0.2, -0.15) is 11.8 Å². The van der Waals surface area contributed by atoms with Crippen LogP contribution in [0.15, 0.2) is 34.3 Å². The van der Waals surface area contributed by atoms with Crippen LogP contribution in [0.5, 0.6) is 0 Å². The van der Waals surface area contributed by atoms with E-state index in [1.54, 1.807) is 11.8 Å². The summed E-state index contributed by atoms with van der Waals surface area (Å²) in [6.07, 6.45) is 6.74. The highest BCUT2D eigenvalue weighted by Crippen LogP contribution is 2.39. The normalized spacial score (nSPS) is 20.8. The number of nitrogens with zero attached hydrogens (tertiary/aromatic N) is 2. The fourth-order valence-corrected chi connectivity index (χ4v) is 4.42. The van der Waals surface area contributed by atoms with Crippen LogP contribution in [0.1, 0.15) is 25.0 Å². The molecule has 2 aliphatic rings. The Morgan fingerprint density at radius 3 is 3.19 bits per heavy atom. The molecule has 2 N–H and O–H groups in total. The van der Waals surface area contributed by atoms with Gasteiger partial charge in [-0.3, -0.25) is 9.78 Å². The molecule has 3 rings (SSSR count). The second-order valence-corrected chi connectivity index (χ2v) is 7.46. The summed E-state index contributed by atoms with van der Waals surface area (Å²) >= 11 is 3.56. The topological polar surface area (TPSA) is 59.2 Å². The number of β-lactam (4-membered cyclic amide) rings is 1. The molecule has 112 valence electrons. The lowest BCUT2D eigenvalue weighted by Gasteiger charge is -2.41. The van der Waals surface area contributed by atoms with E-state index in [9.17, 15) is 4.79 Å². The molecule has 1 aromatic rings. The van der Waals surface area contributed by atoms with Crippen LogP contribution in [0.2, 0.25) is 0 Å². The first kappa shape index (κ1) is 14.9. The third kappa shape index (κ3) is 3.44. The summed E-state index contributed by atoms with van der Waals surface area (Å²) < 4.78 is 0. The van der Waals surface area contributed by atoms with E-state index < -0.39 is 0 Å². The Labute approximate surface area is 133 Å². The highest BCUT2D eigenvalue weighted by Gasteiger charge is 2.37. The summed E-state index contributed by atoms with van der Waals surface area (Å²) in [6, 6.07) is 4.54. The van der Waals surface area contributed by atoms with Gasteiger partial charge >= 0.3 is 0 Å². The number of thioether (sulfide) groups is 2. The van der Waals surface area contributed by atoms with Crippen LogP contribution >= 0.6 is 23.5 Å². The fraction of sp³-hybridized carbons (Fsp3) is 0.467. The molecule has 1 saturated heterocycles. The first-order valence-corrected chi connectivity index (χ1v) is 9.16. The number of hydrogen-bond donors (Lipinski definition) is 1. The molecule has 1 unspecified atom stereocenters. The van der Waals surface area contributed by atoms with E-state index in [0.717, 1.165) is 36.5 Å². The second-order valence-electron chi connectivity index (χ2n) is 5.18. The molecular weight excluding hydrogens is 302 g/mol. The Morgan fingerprint density at radius 2 is 2.38 bits per heavy atom. The Balaban J connectivity index is 1.68. The zero-order valence-corrected chi connectivity index (χ0v) is 13.5. The maximum absolute atomic E-state index is 11.5. The molecule has 1 fully saturated rings. The molecule has 1 atom stereocenters. The van der Waals surface area contributed by atoms with Crippen molar-refractivity contribution in [1.82, 2.24) is 9.88 Å². The molecule has 0 spiro atoms. The highest BCUT2D eigenvalue weighted by atomic mass is 32.2. The quantitative estimate of drug-likeness (QED) is 0.645. The molecule has 0 saturated carbocycles. The second kappa shape index (κ2) is 6.85. The first-order valence-electron chi connectivity index (χ1n) is 7.19. The molecule has 6 heteroatoms. The van der Waals surface area contributed by atoms with E-state index in [0.29, 0.717) is 12.6 Å². The van der Waals surface area contributed by atoms with Crippen LogP contribution in [-0.4, -0.2) is 34.1 Å². The van der Waals surface area contributed by atoms with Gasteiger partial charge in [0.2, 0.25) is 5.91 Å². The average Bonchev–Trinajstić information content (AvgIpc) is 2.50. The minimum Gasteiger partial charge on any atom is -0.330 e. The lowest BCUT2D eigenvalue weighted by atomic mass is 9.95. The van der Waals surface area contributed by atoms with Crippen LogP contribution in [0, 0.1) is 0 Å². The maximum Gasteiger partial charge on any atom is 0.228 e. The fourth-order valence-electron chi connectivity index (χ4n) is 2.54. The Kier molecular flexibility index (Phi) is 4.87. The maximum atomic E-state index is 11.5. The van der Waals surface area contributed by atoms with E-state index >= 15 is 0 Å². The highest BCUT2D eigenvalue weighted by molar-refractivity contribution is 8.03. The van der Waals surface area contributed by atoms with Crippen molar-refractivity contribution in [2.45, 2.75) is 36.0 Å². The third-order valence-corrected chi connectivity index (χ3v) is 5.85. The van der Waals surface area contributed by atoms with Crippen LogP contribution in [-0.2, 0) is 10.5 Å². The minimum atomic E-state index is 0.253. The molecule has 0 radical (unpaired) electrons. The number of allylic oxidation sites excluding steroid dienone is 1. The van der Waals surface area contributed by atoms with Gasteiger partial charge in [0, 0.05) is 52.7 Å². The molecule has 0 bridgehead atoms. The molecule has 2 aliphatic heterocycles. The lowest BCUT2D eigenvalue weighted by molar-refractivity contribution is -0.142. The largest absolute Gasteiger partial charge is 0.330 e. The van der Waals surface area contributed by atoms with Gasteiger partial charge < -0.3 is 10.6 Å². The summed E-state index contributed by atoms with van der Waals surface area (Å²) in [6.45, 7) is 0.698. The van der Waals surface area contributed by atoms with Gasteiger partial charge in [-0.1, -0.05) is 11.8 Å². The predicted octanol–water partition coefficient (Wildman–Crippen LogP) is 2.60. The summed E-state index contributed by atoms with van der Waals surface area (Å²) in [5.41, 5.74) is 6.64. The van der Waals surface area contributed by atoms with Crippen LogP contribution in [0.3, 0.4) is 0 Å². The van der Waals surface area contributed by atoms with Gasteiger partial charge in [0.05, 0.1) is 5.69 Å². The smallest absolute Gasteiger partial charge is 0.228 e. The number of amides is 1. The number of hydrogen-bond acceptors (Lipinski definition) is 5. The van der Waals surface area contributed by atoms with Gasteiger partial charge in [-0.25, -0.2) is 0 Å². The third-order valence-electron chi connectivity index (χ3n) is 3.69. The Hall–Kier alpha value is -0.980. The SMILES string of the molecule is NCCSCc1ncccc1SC1=CN2C(=O)CC2CC1. The van der Waals surface area contributed by atoms with Gasteiger partial charge in [-0.05, 0) is 25.0 Å². The monoisotopic (exact) mass is 321 g/mol. The molecule has 3 heterocycles. The molecule has 1 aromatic heterocycles. The predicted molar refractivity (Wildman–Crippen MR) is 87.9 cm³/mol. The number of fused-ring (bicyclic) bond motifs is 1. The van der Waals surface area contributed by atoms with Crippen molar-refractivity contribution in [3.8, 4) is 0 Å². The van der Waals surface area contributed by atoms with Gasteiger partial charge in [-0.15, -0.1) is 0 Å². The Bertz CT molecular complexity index is 562. The molecule has 1 amide bonds. The van der Waals surface area contributed by atoms with Crippen LogP contribution < -0.4 is 5.73 Å². The number of aromatic nitrogens is 1. The van der Waals surface area contributed by atoms with E-state index in [1.165, 1.54) is 9.80 Å². The molecule has 4 nitrogen and oxygen atoms in total. The number of nitrogens with two attached hydrogens (primary N) is 1. The Morgan fingerprint density at radius 1 is 1.48 bits per heavy atom. The van der Waals surface area contributed by atoms with Crippen molar-refractivity contribution in [2.75, 3.05) is 12.3 Å². The van der Waals surface area contributed by atoms with E-state index in [1.807, 2.05) is 35.1 Å². The molecule has 0 aliphatic carbocycles. The first-order chi connectivity index (χ1) is 10.3. The van der Waals surface area contributed by atoms with Crippen molar-refractivity contribution >= 4 is 29.4 Å². The number of pyridine rings is 1. The van der Waals surface area contributed by atoms with Crippen molar-refractivity contribution in [2.24, 2.45) is 5.73 Å². The van der Waals surface area contributed by atoms with Gasteiger partial charge in [0.1, 0.15) is 0 Å². The van der Waals surface area contributed by atoms with Crippen molar-refractivity contribution in [1.29, 1.82) is 0 Å². The molecule has 0 aromatic carbocycles. The number of carbonyl (C=O) groups is 1. The summed E-state index contributed by atoms with van der Waals surface area (Å²) in [7, 11) is 0. The van der Waals surface area contributed by atoms with Gasteiger partial charge in [0.25, 0.3) is 0 Å². The number of carbonyl (C=O) groups excluding carboxylic acids is 1. The van der Waals surface area contributed by atoms with Crippen molar-refractivity contribution in [3.63, 3.8) is 0 Å². The van der Waals surface area contributed by atoms with Crippen molar-refractivity contribution < 1.29 is 4.79 Å². The lowest BCUT2D eigenvalue weighted by Crippen LogP contribution is -2.50. The van der Waals surface area contributed by atoms with Crippen molar-refractivity contribution in [3.05, 3.63) is 35.1 Å². The van der Waals surface area contributed by atoms with Crippen LogP contribution in [0.25, 0.3) is 0 Å². The number of rotatable bonds is 6. The van der Waals surface area contributed by atoms with Crippen LogP contribution in [0.4, 0.5) is 0 Å². The average molecular weight is 321 g/mol. The van der Waals surface area contributed by atoms with E-state index in [-0.39, 0.29) is 5.91 Å². The standard InChI is InChI=1S/C15H19N3OS2/c16-5-7-20-10-13-14(2-1-6-17-13)21-12-4-3-11-8-15(19)18(11)9-12/h1-2,6,9,11H,3-5,7-8,10,16H2.